The van der Waals surface area contributed by atoms with Crippen LogP contribution in [0.2, 0.25) is 0 Å². The van der Waals surface area contributed by atoms with Crippen molar-refractivity contribution in [2.75, 3.05) is 44.4 Å². The number of carbonyl (C=O) groups excluding carboxylic acids is 2. The molecule has 170 valence electrons. The summed E-state index contributed by atoms with van der Waals surface area (Å²) in [4.78, 5) is 36.2. The quantitative estimate of drug-likeness (QED) is 0.606. The Morgan fingerprint density at radius 3 is 2.39 bits per heavy atom. The zero-order valence-electron chi connectivity index (χ0n) is 19.2. The summed E-state index contributed by atoms with van der Waals surface area (Å²) in [7, 11) is 5.80. The maximum Gasteiger partial charge on any atom is 0.255 e. The number of aromatic nitrogens is 1. The number of rotatable bonds is 7. The van der Waals surface area contributed by atoms with E-state index < -0.39 is 0 Å². The molecular formula is C26H29N5O2. The van der Waals surface area contributed by atoms with Gasteiger partial charge in [0.15, 0.2) is 5.82 Å². The lowest BCUT2D eigenvalue weighted by Gasteiger charge is -2.32. The van der Waals surface area contributed by atoms with Gasteiger partial charge in [0.2, 0.25) is 5.91 Å². The molecule has 4 rings (SSSR count). The maximum atomic E-state index is 13.5. The van der Waals surface area contributed by atoms with E-state index in [9.17, 15) is 9.59 Å². The van der Waals surface area contributed by atoms with E-state index in [2.05, 4.69) is 15.2 Å². The highest BCUT2D eigenvalue weighted by molar-refractivity contribution is 6.04. The number of benzene rings is 2. The SMILES string of the molecule is CN(C)CC(c1ccccc1)N(C)C(=O)c1cnc2c(c1)N(Cc1ccccc1)C(=O)CN2. The molecule has 0 bridgehead atoms. The molecule has 3 aromatic rings. The number of carbonyl (C=O) groups is 2. The summed E-state index contributed by atoms with van der Waals surface area (Å²) in [6.07, 6.45) is 1.58. The first-order valence-electron chi connectivity index (χ1n) is 11.0. The fraction of sp³-hybridized carbons (Fsp3) is 0.269. The van der Waals surface area contributed by atoms with Crippen LogP contribution in [0.4, 0.5) is 11.5 Å². The second-order valence-electron chi connectivity index (χ2n) is 8.52. The standard InChI is InChI=1S/C26H29N5O2/c1-29(2)18-23(20-12-8-5-9-13-20)30(3)26(33)21-14-22-25(27-15-21)28-16-24(32)31(22)17-19-10-6-4-7-11-19/h4-15,23H,16-18H2,1-3H3,(H,27,28). The minimum atomic E-state index is -0.140. The number of hydrogen-bond donors (Lipinski definition) is 1. The Labute approximate surface area is 194 Å². The summed E-state index contributed by atoms with van der Waals surface area (Å²) < 4.78 is 0. The average Bonchev–Trinajstić information content (AvgIpc) is 2.84. The summed E-state index contributed by atoms with van der Waals surface area (Å²) in [5, 5.41) is 3.06. The maximum absolute atomic E-state index is 13.5. The van der Waals surface area contributed by atoms with E-state index in [1.807, 2.05) is 81.8 Å². The van der Waals surface area contributed by atoms with Crippen LogP contribution in [0.5, 0.6) is 0 Å². The van der Waals surface area contributed by atoms with Crippen LogP contribution in [0.25, 0.3) is 0 Å². The number of anilines is 2. The Morgan fingerprint density at radius 2 is 1.73 bits per heavy atom. The van der Waals surface area contributed by atoms with Gasteiger partial charge in [-0.25, -0.2) is 4.98 Å². The van der Waals surface area contributed by atoms with Crippen molar-refractivity contribution >= 4 is 23.3 Å². The van der Waals surface area contributed by atoms with Gasteiger partial charge >= 0.3 is 0 Å². The van der Waals surface area contributed by atoms with Crippen LogP contribution in [0.15, 0.2) is 72.9 Å². The zero-order valence-corrected chi connectivity index (χ0v) is 19.2. The van der Waals surface area contributed by atoms with E-state index in [1.165, 1.54) is 0 Å². The number of amides is 2. The Hall–Kier alpha value is -3.71. The molecule has 0 saturated heterocycles. The molecule has 2 amide bonds. The van der Waals surface area contributed by atoms with Gasteiger partial charge < -0.3 is 20.0 Å². The van der Waals surface area contributed by atoms with Crippen molar-refractivity contribution in [2.45, 2.75) is 12.6 Å². The number of hydrogen-bond acceptors (Lipinski definition) is 5. The third kappa shape index (κ3) is 5.04. The Bertz CT molecular complexity index is 1120. The molecule has 1 aliphatic rings. The van der Waals surface area contributed by atoms with Crippen LogP contribution in [0, 0.1) is 0 Å². The first-order chi connectivity index (χ1) is 15.9. The summed E-state index contributed by atoms with van der Waals surface area (Å²) in [5.74, 6) is 0.414. The molecule has 1 aliphatic heterocycles. The summed E-state index contributed by atoms with van der Waals surface area (Å²) >= 11 is 0. The number of likely N-dealkylation sites (N-methyl/N-ethyl adjacent to an activating group) is 2. The first-order valence-corrected chi connectivity index (χ1v) is 11.0. The van der Waals surface area contributed by atoms with Crippen molar-refractivity contribution in [1.29, 1.82) is 0 Å². The molecule has 1 aromatic heterocycles. The van der Waals surface area contributed by atoms with Crippen molar-refractivity contribution in [3.8, 4) is 0 Å². The average molecular weight is 444 g/mol. The Kier molecular flexibility index (Phi) is 6.70. The van der Waals surface area contributed by atoms with Crippen LogP contribution in [0.1, 0.15) is 27.5 Å². The van der Waals surface area contributed by atoms with Gasteiger partial charge in [-0.3, -0.25) is 9.59 Å². The van der Waals surface area contributed by atoms with Crippen LogP contribution in [-0.2, 0) is 11.3 Å². The lowest BCUT2D eigenvalue weighted by molar-refractivity contribution is -0.117. The minimum absolute atomic E-state index is 0.0547. The summed E-state index contributed by atoms with van der Waals surface area (Å²) in [6.45, 7) is 1.29. The van der Waals surface area contributed by atoms with Crippen molar-refractivity contribution in [1.82, 2.24) is 14.8 Å². The number of fused-ring (bicyclic) bond motifs is 1. The number of nitrogens with one attached hydrogen (secondary N) is 1. The van der Waals surface area contributed by atoms with Gasteiger partial charge in [-0.2, -0.15) is 0 Å². The second-order valence-corrected chi connectivity index (χ2v) is 8.52. The van der Waals surface area contributed by atoms with Gasteiger partial charge in [0.05, 0.1) is 30.4 Å². The molecule has 0 saturated carbocycles. The fourth-order valence-electron chi connectivity index (χ4n) is 4.06. The van der Waals surface area contributed by atoms with Gasteiger partial charge in [0.1, 0.15) is 0 Å². The predicted molar refractivity (Wildman–Crippen MR) is 130 cm³/mol. The molecule has 0 spiro atoms. The van der Waals surface area contributed by atoms with Gasteiger partial charge in [-0.15, -0.1) is 0 Å². The van der Waals surface area contributed by atoms with Gasteiger partial charge in [-0.1, -0.05) is 60.7 Å². The third-order valence-corrected chi connectivity index (χ3v) is 5.81. The molecule has 2 heterocycles. The topological polar surface area (TPSA) is 68.8 Å². The van der Waals surface area contributed by atoms with Crippen molar-refractivity contribution in [3.63, 3.8) is 0 Å². The van der Waals surface area contributed by atoms with Gasteiger partial charge in [0, 0.05) is 19.8 Å². The Balaban J connectivity index is 1.64. The smallest absolute Gasteiger partial charge is 0.255 e. The van der Waals surface area contributed by atoms with Crippen LogP contribution in [-0.4, -0.2) is 60.8 Å². The van der Waals surface area contributed by atoms with Crippen LogP contribution < -0.4 is 10.2 Å². The molecule has 0 fully saturated rings. The van der Waals surface area contributed by atoms with Crippen molar-refractivity contribution in [3.05, 3.63) is 89.6 Å². The van der Waals surface area contributed by atoms with E-state index in [0.29, 0.717) is 30.2 Å². The van der Waals surface area contributed by atoms with Crippen LogP contribution in [0.3, 0.4) is 0 Å². The largest absolute Gasteiger partial charge is 0.359 e. The van der Waals surface area contributed by atoms with Crippen LogP contribution >= 0.6 is 0 Å². The Morgan fingerprint density at radius 1 is 1.06 bits per heavy atom. The second kappa shape index (κ2) is 9.83. The fourth-order valence-corrected chi connectivity index (χ4v) is 4.06. The highest BCUT2D eigenvalue weighted by Crippen LogP contribution is 2.31. The lowest BCUT2D eigenvalue weighted by Crippen LogP contribution is -2.40. The van der Waals surface area contributed by atoms with E-state index >= 15 is 0 Å². The molecule has 1 unspecified atom stereocenters. The molecule has 7 heteroatoms. The molecule has 1 atom stereocenters. The number of pyridine rings is 1. The van der Waals surface area contributed by atoms with Crippen molar-refractivity contribution < 1.29 is 9.59 Å². The van der Waals surface area contributed by atoms with E-state index in [1.54, 1.807) is 22.1 Å². The summed E-state index contributed by atoms with van der Waals surface area (Å²) in [6, 6.07) is 21.5. The van der Waals surface area contributed by atoms with Gasteiger partial charge in [-0.05, 0) is 31.3 Å². The minimum Gasteiger partial charge on any atom is -0.359 e. The summed E-state index contributed by atoms with van der Waals surface area (Å²) in [5.41, 5.74) is 3.15. The molecule has 1 N–H and O–H groups in total. The molecule has 33 heavy (non-hydrogen) atoms. The molecular weight excluding hydrogens is 414 g/mol. The predicted octanol–water partition coefficient (Wildman–Crippen LogP) is 3.42. The van der Waals surface area contributed by atoms with Gasteiger partial charge in [0.25, 0.3) is 5.91 Å². The molecule has 0 radical (unpaired) electrons. The number of nitrogens with zero attached hydrogens (tertiary/aromatic N) is 4. The van der Waals surface area contributed by atoms with E-state index in [0.717, 1.165) is 11.1 Å². The van der Waals surface area contributed by atoms with Crippen molar-refractivity contribution in [2.24, 2.45) is 0 Å². The highest BCUT2D eigenvalue weighted by Gasteiger charge is 2.28. The molecule has 0 aliphatic carbocycles. The zero-order chi connectivity index (χ0) is 23.4. The highest BCUT2D eigenvalue weighted by atomic mass is 16.2. The van der Waals surface area contributed by atoms with E-state index in [-0.39, 0.29) is 24.4 Å². The normalized spacial score (nSPS) is 13.9. The monoisotopic (exact) mass is 443 g/mol. The molecule has 7 nitrogen and oxygen atoms in total. The first kappa shape index (κ1) is 22.5. The molecule has 2 aromatic carbocycles. The lowest BCUT2D eigenvalue weighted by atomic mass is 10.0. The third-order valence-electron chi connectivity index (χ3n) is 5.81. The van der Waals surface area contributed by atoms with E-state index in [4.69, 9.17) is 0 Å².